The van der Waals surface area contributed by atoms with Crippen molar-refractivity contribution in [3.63, 3.8) is 0 Å². The van der Waals surface area contributed by atoms with Crippen molar-refractivity contribution in [3.8, 4) is 5.75 Å². The molecule has 0 saturated carbocycles. The zero-order valence-corrected chi connectivity index (χ0v) is 14.1. The summed E-state index contributed by atoms with van der Waals surface area (Å²) in [5.74, 6) is -3.17. The number of benzene rings is 2. The van der Waals surface area contributed by atoms with Crippen LogP contribution in [0.3, 0.4) is 0 Å². The summed E-state index contributed by atoms with van der Waals surface area (Å²) in [4.78, 5) is 24.1. The molecule has 8 heteroatoms. The number of halogens is 3. The van der Waals surface area contributed by atoms with Gasteiger partial charge in [-0.2, -0.15) is 0 Å². The fraction of sp³-hybridized carbons (Fsp3) is 0.176. The number of amides is 1. The van der Waals surface area contributed by atoms with E-state index in [1.165, 1.54) is 20.1 Å². The van der Waals surface area contributed by atoms with Crippen LogP contribution in [0.25, 0.3) is 0 Å². The van der Waals surface area contributed by atoms with Gasteiger partial charge in [0.1, 0.15) is 17.4 Å². The van der Waals surface area contributed by atoms with Gasteiger partial charge in [0, 0.05) is 11.1 Å². The van der Waals surface area contributed by atoms with E-state index in [4.69, 9.17) is 21.1 Å². The van der Waals surface area contributed by atoms with Crippen LogP contribution in [0.4, 0.5) is 14.5 Å². The molecule has 0 heterocycles. The number of carbonyl (C=O) groups is 2. The SMILES string of the molecule is COc1ccc(Cl)cc1NC(=O)[C@H](C)OC(=O)c1cc(F)cc(F)c1. The fourth-order valence-electron chi connectivity index (χ4n) is 1.97. The van der Waals surface area contributed by atoms with E-state index in [0.29, 0.717) is 22.5 Å². The lowest BCUT2D eigenvalue weighted by Crippen LogP contribution is -2.30. The van der Waals surface area contributed by atoms with Crippen LogP contribution in [0, 0.1) is 11.6 Å². The number of nitrogens with one attached hydrogen (secondary N) is 1. The molecule has 0 saturated heterocycles. The summed E-state index contributed by atoms with van der Waals surface area (Å²) in [7, 11) is 1.42. The van der Waals surface area contributed by atoms with Crippen LogP contribution in [-0.4, -0.2) is 25.1 Å². The van der Waals surface area contributed by atoms with Gasteiger partial charge >= 0.3 is 5.97 Å². The van der Waals surface area contributed by atoms with Crippen LogP contribution in [0.1, 0.15) is 17.3 Å². The van der Waals surface area contributed by atoms with Crippen LogP contribution >= 0.6 is 11.6 Å². The van der Waals surface area contributed by atoms with Gasteiger partial charge in [0.05, 0.1) is 18.4 Å². The summed E-state index contributed by atoms with van der Waals surface area (Å²) < 4.78 is 36.3. The number of hydrogen-bond donors (Lipinski definition) is 1. The van der Waals surface area contributed by atoms with E-state index in [2.05, 4.69) is 5.32 Å². The van der Waals surface area contributed by atoms with Gasteiger partial charge < -0.3 is 14.8 Å². The van der Waals surface area contributed by atoms with Crippen molar-refractivity contribution in [1.29, 1.82) is 0 Å². The topological polar surface area (TPSA) is 64.6 Å². The highest BCUT2D eigenvalue weighted by atomic mass is 35.5. The predicted molar refractivity (Wildman–Crippen MR) is 87.9 cm³/mol. The van der Waals surface area contributed by atoms with Crippen LogP contribution in [0.5, 0.6) is 5.75 Å². The molecule has 0 radical (unpaired) electrons. The average Bonchev–Trinajstić information content (AvgIpc) is 2.54. The zero-order valence-electron chi connectivity index (χ0n) is 13.3. The number of methoxy groups -OCH3 is 1. The van der Waals surface area contributed by atoms with E-state index in [-0.39, 0.29) is 5.56 Å². The molecular weight excluding hydrogens is 356 g/mol. The van der Waals surface area contributed by atoms with Crippen molar-refractivity contribution >= 4 is 29.2 Å². The summed E-state index contributed by atoms with van der Waals surface area (Å²) in [6.07, 6.45) is -1.22. The molecule has 0 fully saturated rings. The minimum atomic E-state index is -1.22. The molecule has 0 unspecified atom stereocenters. The maximum atomic E-state index is 13.1. The molecule has 2 rings (SSSR count). The summed E-state index contributed by atoms with van der Waals surface area (Å²) in [5, 5.41) is 2.88. The highest BCUT2D eigenvalue weighted by Crippen LogP contribution is 2.27. The molecule has 25 heavy (non-hydrogen) atoms. The Morgan fingerprint density at radius 3 is 2.36 bits per heavy atom. The molecule has 0 aliphatic carbocycles. The van der Waals surface area contributed by atoms with Crippen LogP contribution < -0.4 is 10.1 Å². The largest absolute Gasteiger partial charge is 0.495 e. The third kappa shape index (κ3) is 4.90. The Bertz CT molecular complexity index is 793. The second-order valence-corrected chi connectivity index (χ2v) is 5.48. The Kier molecular flexibility index (Phi) is 5.93. The molecule has 1 atom stereocenters. The molecule has 132 valence electrons. The predicted octanol–water partition coefficient (Wildman–Crippen LogP) is 3.81. The van der Waals surface area contributed by atoms with Gasteiger partial charge in [0.25, 0.3) is 5.91 Å². The van der Waals surface area contributed by atoms with Gasteiger partial charge in [-0.25, -0.2) is 13.6 Å². The molecule has 0 aliphatic rings. The highest BCUT2D eigenvalue weighted by molar-refractivity contribution is 6.31. The van der Waals surface area contributed by atoms with Crippen molar-refractivity contribution in [3.05, 3.63) is 58.6 Å². The van der Waals surface area contributed by atoms with E-state index in [9.17, 15) is 18.4 Å². The smallest absolute Gasteiger partial charge is 0.339 e. The summed E-state index contributed by atoms with van der Waals surface area (Å²) in [5.41, 5.74) is -0.0443. The van der Waals surface area contributed by atoms with Crippen molar-refractivity contribution < 1.29 is 27.8 Å². The van der Waals surface area contributed by atoms with E-state index in [1.807, 2.05) is 0 Å². The van der Waals surface area contributed by atoms with E-state index in [1.54, 1.807) is 12.1 Å². The summed E-state index contributed by atoms with van der Waals surface area (Å²) in [6, 6.07) is 6.86. The van der Waals surface area contributed by atoms with Gasteiger partial charge in [0.15, 0.2) is 6.10 Å². The quantitative estimate of drug-likeness (QED) is 0.814. The van der Waals surface area contributed by atoms with Gasteiger partial charge in [-0.15, -0.1) is 0 Å². The molecule has 0 spiro atoms. The monoisotopic (exact) mass is 369 g/mol. The normalized spacial score (nSPS) is 11.6. The van der Waals surface area contributed by atoms with Crippen molar-refractivity contribution in [2.75, 3.05) is 12.4 Å². The third-order valence-corrected chi connectivity index (χ3v) is 3.41. The Balaban J connectivity index is 2.07. The number of hydrogen-bond acceptors (Lipinski definition) is 4. The molecule has 0 aromatic heterocycles. The van der Waals surface area contributed by atoms with Gasteiger partial charge in [-0.05, 0) is 37.3 Å². The molecule has 0 aliphatic heterocycles. The molecule has 1 amide bonds. The highest BCUT2D eigenvalue weighted by Gasteiger charge is 2.21. The minimum Gasteiger partial charge on any atom is -0.495 e. The number of ether oxygens (including phenoxy) is 2. The van der Waals surface area contributed by atoms with E-state index >= 15 is 0 Å². The van der Waals surface area contributed by atoms with Crippen molar-refractivity contribution in [2.45, 2.75) is 13.0 Å². The fourth-order valence-corrected chi connectivity index (χ4v) is 2.14. The van der Waals surface area contributed by atoms with E-state index in [0.717, 1.165) is 12.1 Å². The van der Waals surface area contributed by atoms with Crippen LogP contribution in [0.15, 0.2) is 36.4 Å². The van der Waals surface area contributed by atoms with Crippen LogP contribution in [-0.2, 0) is 9.53 Å². The molecule has 1 N–H and O–H groups in total. The van der Waals surface area contributed by atoms with Crippen molar-refractivity contribution in [2.24, 2.45) is 0 Å². The standard InChI is InChI=1S/C17H14ClF2NO4/c1-9(25-17(23)10-5-12(19)8-13(20)6-10)16(22)21-14-7-11(18)3-4-15(14)24-2/h3-9H,1-2H3,(H,21,22)/t9-/m0/s1. The number of esters is 1. The zero-order chi connectivity index (χ0) is 18.6. The minimum absolute atomic E-state index is 0.291. The second-order valence-electron chi connectivity index (χ2n) is 5.04. The first-order chi connectivity index (χ1) is 11.8. The van der Waals surface area contributed by atoms with Gasteiger partial charge in [-0.1, -0.05) is 11.6 Å². The molecule has 2 aromatic rings. The maximum Gasteiger partial charge on any atom is 0.339 e. The molecular formula is C17H14ClF2NO4. The van der Waals surface area contributed by atoms with Gasteiger partial charge in [0.2, 0.25) is 0 Å². The Hall–Kier alpha value is -2.67. The second kappa shape index (κ2) is 7.94. The number of rotatable bonds is 5. The lowest BCUT2D eigenvalue weighted by atomic mass is 10.2. The molecule has 0 bridgehead atoms. The number of anilines is 1. The summed E-state index contributed by atoms with van der Waals surface area (Å²) >= 11 is 5.87. The van der Waals surface area contributed by atoms with Gasteiger partial charge in [-0.3, -0.25) is 4.79 Å². The lowest BCUT2D eigenvalue weighted by Gasteiger charge is -2.15. The lowest BCUT2D eigenvalue weighted by molar-refractivity contribution is -0.123. The van der Waals surface area contributed by atoms with Crippen LogP contribution in [0.2, 0.25) is 5.02 Å². The molecule has 5 nitrogen and oxygen atoms in total. The Morgan fingerprint density at radius 1 is 1.12 bits per heavy atom. The maximum absolute atomic E-state index is 13.1. The summed E-state index contributed by atoms with van der Waals surface area (Å²) in [6.45, 7) is 1.32. The first kappa shape index (κ1) is 18.7. The molecule has 2 aromatic carbocycles. The third-order valence-electron chi connectivity index (χ3n) is 3.17. The first-order valence-electron chi connectivity index (χ1n) is 7.11. The van der Waals surface area contributed by atoms with Crippen molar-refractivity contribution in [1.82, 2.24) is 0 Å². The van der Waals surface area contributed by atoms with E-state index < -0.39 is 29.6 Å². The number of carbonyl (C=O) groups excluding carboxylic acids is 2. The average molecular weight is 370 g/mol. The Morgan fingerprint density at radius 2 is 1.76 bits per heavy atom. The first-order valence-corrected chi connectivity index (χ1v) is 7.49. The Labute approximate surface area is 147 Å².